The van der Waals surface area contributed by atoms with Gasteiger partial charge >= 0.3 is 0 Å². The fourth-order valence-electron chi connectivity index (χ4n) is 2.58. The summed E-state index contributed by atoms with van der Waals surface area (Å²) in [5.74, 6) is -0.272. The van der Waals surface area contributed by atoms with Gasteiger partial charge in [0.15, 0.2) is 0 Å². The van der Waals surface area contributed by atoms with Gasteiger partial charge in [-0.3, -0.25) is 4.79 Å². The van der Waals surface area contributed by atoms with Gasteiger partial charge in [0.1, 0.15) is 11.5 Å². The Morgan fingerprint density at radius 2 is 2.32 bits per heavy atom. The van der Waals surface area contributed by atoms with Gasteiger partial charge < -0.3 is 10.2 Å². The molecule has 1 aromatic carbocycles. The van der Waals surface area contributed by atoms with E-state index in [1.54, 1.807) is 23.6 Å². The van der Waals surface area contributed by atoms with Gasteiger partial charge in [-0.1, -0.05) is 18.2 Å². The summed E-state index contributed by atoms with van der Waals surface area (Å²) in [6, 6.07) is 6.83. The van der Waals surface area contributed by atoms with E-state index in [1.807, 2.05) is 11.8 Å². The average Bonchev–Trinajstić information content (AvgIpc) is 2.98. The van der Waals surface area contributed by atoms with Gasteiger partial charge in [-0.15, -0.1) is 11.3 Å². The molecule has 0 bridgehead atoms. The van der Waals surface area contributed by atoms with Crippen molar-refractivity contribution in [2.75, 3.05) is 19.6 Å². The van der Waals surface area contributed by atoms with Crippen LogP contribution >= 0.6 is 11.3 Å². The molecule has 1 saturated heterocycles. The number of thiazole rings is 1. The van der Waals surface area contributed by atoms with Gasteiger partial charge in [0.05, 0.1) is 5.01 Å². The van der Waals surface area contributed by atoms with Gasteiger partial charge in [-0.05, 0) is 18.6 Å². The Kier molecular flexibility index (Phi) is 4.49. The summed E-state index contributed by atoms with van der Waals surface area (Å²) in [6.45, 7) is 4.33. The number of nitrogens with zero attached hydrogens (tertiary/aromatic N) is 2. The van der Waals surface area contributed by atoms with Crippen LogP contribution in [0, 0.1) is 5.82 Å². The van der Waals surface area contributed by atoms with Crippen LogP contribution in [0.25, 0.3) is 0 Å². The first-order chi connectivity index (χ1) is 10.6. The Morgan fingerprint density at radius 1 is 1.50 bits per heavy atom. The van der Waals surface area contributed by atoms with E-state index in [0.29, 0.717) is 24.2 Å². The quantitative estimate of drug-likeness (QED) is 0.944. The predicted molar refractivity (Wildman–Crippen MR) is 84.7 cm³/mol. The summed E-state index contributed by atoms with van der Waals surface area (Å²) in [6.07, 6.45) is 0.418. The Hall–Kier alpha value is -1.79. The minimum atomic E-state index is -0.235. The lowest BCUT2D eigenvalue weighted by atomic mass is 10.1. The molecule has 3 rings (SSSR count). The number of benzene rings is 1. The summed E-state index contributed by atoms with van der Waals surface area (Å²) < 4.78 is 13.7. The van der Waals surface area contributed by atoms with Gasteiger partial charge in [-0.25, -0.2) is 9.37 Å². The maximum Gasteiger partial charge on any atom is 0.273 e. The molecule has 4 nitrogen and oxygen atoms in total. The number of nitrogens with one attached hydrogen (secondary N) is 1. The third-order valence-corrected chi connectivity index (χ3v) is 4.68. The monoisotopic (exact) mass is 319 g/mol. The lowest BCUT2D eigenvalue weighted by Crippen LogP contribution is -2.52. The molecule has 1 aromatic heterocycles. The van der Waals surface area contributed by atoms with Gasteiger partial charge in [0.2, 0.25) is 0 Å². The van der Waals surface area contributed by atoms with Gasteiger partial charge in [0.25, 0.3) is 5.91 Å². The minimum Gasteiger partial charge on any atom is -0.332 e. The molecular formula is C16H18FN3OS. The lowest BCUT2D eigenvalue weighted by molar-refractivity contribution is 0.0650. The summed E-state index contributed by atoms with van der Waals surface area (Å²) in [7, 11) is 0. The average molecular weight is 319 g/mol. The summed E-state index contributed by atoms with van der Waals surface area (Å²) in [5, 5.41) is 5.79. The first-order valence-corrected chi connectivity index (χ1v) is 8.22. The second-order valence-electron chi connectivity index (χ2n) is 5.45. The van der Waals surface area contributed by atoms with E-state index in [2.05, 4.69) is 10.3 Å². The van der Waals surface area contributed by atoms with E-state index in [1.165, 1.54) is 17.4 Å². The van der Waals surface area contributed by atoms with Crippen molar-refractivity contribution >= 4 is 17.2 Å². The number of hydrogen-bond acceptors (Lipinski definition) is 4. The maximum absolute atomic E-state index is 13.7. The van der Waals surface area contributed by atoms with Crippen molar-refractivity contribution in [3.05, 3.63) is 51.7 Å². The summed E-state index contributed by atoms with van der Waals surface area (Å²) >= 11 is 1.41. The van der Waals surface area contributed by atoms with Crippen molar-refractivity contribution < 1.29 is 9.18 Å². The van der Waals surface area contributed by atoms with Gasteiger partial charge in [-0.2, -0.15) is 0 Å². The van der Waals surface area contributed by atoms with Crippen LogP contribution in [0.1, 0.15) is 28.0 Å². The van der Waals surface area contributed by atoms with E-state index < -0.39 is 0 Å². The molecule has 1 aliphatic rings. The molecule has 0 aliphatic carbocycles. The largest absolute Gasteiger partial charge is 0.332 e. The lowest BCUT2D eigenvalue weighted by Gasteiger charge is -2.33. The first kappa shape index (κ1) is 15.1. The highest BCUT2D eigenvalue weighted by Gasteiger charge is 2.25. The third kappa shape index (κ3) is 3.18. The molecule has 2 heterocycles. The number of carbonyl (C=O) groups excluding carboxylic acids is 1. The molecule has 22 heavy (non-hydrogen) atoms. The van der Waals surface area contributed by atoms with E-state index in [4.69, 9.17) is 0 Å². The molecular weight excluding hydrogens is 301 g/mol. The molecule has 6 heteroatoms. The number of halogens is 1. The number of piperazine rings is 1. The highest BCUT2D eigenvalue weighted by molar-refractivity contribution is 7.09. The molecule has 1 N–H and O–H groups in total. The molecule has 116 valence electrons. The standard InChI is InChI=1S/C16H18FN3OS/c1-11-9-18-6-7-20(11)16(21)14-10-22-15(19-14)8-12-4-2-3-5-13(12)17/h2-5,10-11,18H,6-9H2,1H3/t11-/m0/s1. The smallest absolute Gasteiger partial charge is 0.273 e. The molecule has 1 atom stereocenters. The molecule has 1 amide bonds. The zero-order chi connectivity index (χ0) is 15.5. The van der Waals surface area contributed by atoms with Crippen LogP contribution in [0.2, 0.25) is 0 Å². The van der Waals surface area contributed by atoms with Crippen molar-refractivity contribution in [3.63, 3.8) is 0 Å². The fraction of sp³-hybridized carbons (Fsp3) is 0.375. The van der Waals surface area contributed by atoms with Crippen molar-refractivity contribution in [2.24, 2.45) is 0 Å². The molecule has 1 fully saturated rings. The maximum atomic E-state index is 13.7. The highest BCUT2D eigenvalue weighted by Crippen LogP contribution is 2.19. The zero-order valence-electron chi connectivity index (χ0n) is 12.4. The number of aromatic nitrogens is 1. The number of amides is 1. The van der Waals surface area contributed by atoms with Crippen LogP contribution < -0.4 is 5.32 Å². The summed E-state index contributed by atoms with van der Waals surface area (Å²) in [5.41, 5.74) is 1.07. The van der Waals surface area contributed by atoms with Crippen molar-refractivity contribution in [3.8, 4) is 0 Å². The van der Waals surface area contributed by atoms with Crippen LogP contribution in [0.4, 0.5) is 4.39 Å². The molecule has 0 radical (unpaired) electrons. The van der Waals surface area contributed by atoms with Crippen molar-refractivity contribution in [2.45, 2.75) is 19.4 Å². The Balaban J connectivity index is 1.73. The Morgan fingerprint density at radius 3 is 3.09 bits per heavy atom. The van der Waals surface area contributed by atoms with Crippen molar-refractivity contribution in [1.29, 1.82) is 0 Å². The van der Waals surface area contributed by atoms with Crippen LogP contribution in [-0.2, 0) is 6.42 Å². The SMILES string of the molecule is C[C@H]1CNCCN1C(=O)c1csc(Cc2ccccc2F)n1. The molecule has 0 unspecified atom stereocenters. The number of carbonyl (C=O) groups is 1. The first-order valence-electron chi connectivity index (χ1n) is 7.34. The zero-order valence-corrected chi connectivity index (χ0v) is 13.2. The van der Waals surface area contributed by atoms with Crippen molar-refractivity contribution in [1.82, 2.24) is 15.2 Å². The van der Waals surface area contributed by atoms with E-state index in [-0.39, 0.29) is 17.8 Å². The number of hydrogen-bond donors (Lipinski definition) is 1. The van der Waals surface area contributed by atoms with E-state index in [0.717, 1.165) is 18.1 Å². The van der Waals surface area contributed by atoms with Gasteiger partial charge in [0, 0.05) is 37.5 Å². The molecule has 1 aliphatic heterocycles. The summed E-state index contributed by atoms with van der Waals surface area (Å²) in [4.78, 5) is 18.8. The van der Waals surface area contributed by atoms with Crippen LogP contribution in [0.5, 0.6) is 0 Å². The second kappa shape index (κ2) is 6.54. The third-order valence-electron chi connectivity index (χ3n) is 3.83. The molecule has 0 saturated carbocycles. The number of rotatable bonds is 3. The predicted octanol–water partition coefficient (Wildman–Crippen LogP) is 2.31. The van der Waals surface area contributed by atoms with Crippen LogP contribution in [0.3, 0.4) is 0 Å². The topological polar surface area (TPSA) is 45.2 Å². The van der Waals surface area contributed by atoms with E-state index >= 15 is 0 Å². The molecule has 0 spiro atoms. The fourth-order valence-corrected chi connectivity index (χ4v) is 3.38. The van der Waals surface area contributed by atoms with Crippen LogP contribution in [0.15, 0.2) is 29.6 Å². The Labute approximate surface area is 133 Å². The highest BCUT2D eigenvalue weighted by atomic mass is 32.1. The normalized spacial score (nSPS) is 18.5. The molecule has 2 aromatic rings. The van der Waals surface area contributed by atoms with E-state index in [9.17, 15) is 9.18 Å². The minimum absolute atomic E-state index is 0.0370. The van der Waals surface area contributed by atoms with Crippen LogP contribution in [-0.4, -0.2) is 41.5 Å². The Bertz CT molecular complexity index is 673. The second-order valence-corrected chi connectivity index (χ2v) is 6.39.